The number of rotatable bonds is 5. The van der Waals surface area contributed by atoms with Gasteiger partial charge in [0.1, 0.15) is 12.5 Å². The second-order valence-corrected chi connectivity index (χ2v) is 7.11. The minimum atomic E-state index is -4.54. The third kappa shape index (κ3) is 3.88. The van der Waals surface area contributed by atoms with Crippen LogP contribution in [0.3, 0.4) is 0 Å². The van der Waals surface area contributed by atoms with Crippen LogP contribution in [0.4, 0.5) is 13.2 Å². The summed E-state index contributed by atoms with van der Waals surface area (Å²) in [6, 6.07) is 17.4. The summed E-state index contributed by atoms with van der Waals surface area (Å²) in [5, 5.41) is 1.09. The van der Waals surface area contributed by atoms with Crippen molar-refractivity contribution in [1.29, 1.82) is 0 Å². The molecule has 0 fully saturated rings. The van der Waals surface area contributed by atoms with Crippen molar-refractivity contribution in [3.63, 3.8) is 0 Å². The van der Waals surface area contributed by atoms with Gasteiger partial charge in [0.25, 0.3) is 0 Å². The van der Waals surface area contributed by atoms with Gasteiger partial charge in [-0.1, -0.05) is 48.0 Å². The van der Waals surface area contributed by atoms with E-state index in [9.17, 15) is 13.2 Å². The molecule has 30 heavy (non-hydrogen) atoms. The Bertz CT molecular complexity index is 1190. The molecule has 154 valence electrons. The van der Waals surface area contributed by atoms with E-state index in [1.807, 2.05) is 34.9 Å². The van der Waals surface area contributed by atoms with Crippen molar-refractivity contribution in [2.45, 2.75) is 12.9 Å². The zero-order valence-corrected chi connectivity index (χ0v) is 16.7. The summed E-state index contributed by atoms with van der Waals surface area (Å²) in [5.41, 5.74) is 2.33. The van der Waals surface area contributed by atoms with Crippen molar-refractivity contribution < 1.29 is 22.3 Å². The van der Waals surface area contributed by atoms with Crippen molar-refractivity contribution in [2.75, 3.05) is 7.11 Å². The number of furan rings is 1. The largest absolute Gasteiger partial charge is 0.464 e. The predicted molar refractivity (Wildman–Crippen MR) is 111 cm³/mol. The molecule has 0 radical (unpaired) electrons. The van der Waals surface area contributed by atoms with E-state index in [1.54, 1.807) is 24.3 Å². The van der Waals surface area contributed by atoms with E-state index < -0.39 is 6.18 Å². The summed E-state index contributed by atoms with van der Waals surface area (Å²) in [7, 11) is 1.53. The summed E-state index contributed by atoms with van der Waals surface area (Å²) in [5.74, 6) is 0.121. The maximum Gasteiger partial charge on any atom is 0.410 e. The highest BCUT2D eigenvalue weighted by atomic mass is 35.5. The SMILES string of the molecule is COCn1c(-c2ccccc2)c(/C(=C\C(F)(F)F)c2ccco2)c2ccc(Cl)cc21. The second-order valence-electron chi connectivity index (χ2n) is 6.67. The maximum absolute atomic E-state index is 13.6. The molecule has 3 nitrogen and oxygen atoms in total. The number of aromatic nitrogens is 1. The van der Waals surface area contributed by atoms with Crippen LogP contribution in [0.15, 0.2) is 77.4 Å². The molecule has 0 saturated heterocycles. The number of hydrogen-bond acceptors (Lipinski definition) is 2. The molecule has 0 aliphatic carbocycles. The van der Waals surface area contributed by atoms with Gasteiger partial charge in [-0.25, -0.2) is 0 Å². The van der Waals surface area contributed by atoms with Crippen molar-refractivity contribution in [1.82, 2.24) is 4.57 Å². The Kier molecular flexibility index (Phi) is 5.45. The Labute approximate surface area is 175 Å². The molecule has 2 aromatic heterocycles. The number of halogens is 4. The lowest BCUT2D eigenvalue weighted by atomic mass is 9.96. The van der Waals surface area contributed by atoms with Crippen LogP contribution in [0.25, 0.3) is 27.7 Å². The normalized spacial score (nSPS) is 12.6. The third-order valence-corrected chi connectivity index (χ3v) is 4.93. The van der Waals surface area contributed by atoms with E-state index in [0.29, 0.717) is 27.2 Å². The quantitative estimate of drug-likeness (QED) is 0.335. The van der Waals surface area contributed by atoms with Crippen molar-refractivity contribution in [3.05, 3.63) is 89.3 Å². The molecular formula is C23H17ClF3NO2. The molecule has 7 heteroatoms. The lowest BCUT2D eigenvalue weighted by Crippen LogP contribution is -2.06. The van der Waals surface area contributed by atoms with Gasteiger partial charge in [0, 0.05) is 34.7 Å². The van der Waals surface area contributed by atoms with Crippen LogP contribution in [0.1, 0.15) is 11.3 Å². The molecule has 4 aromatic rings. The number of fused-ring (bicyclic) bond motifs is 1. The van der Waals surface area contributed by atoms with E-state index in [1.165, 1.54) is 19.4 Å². The van der Waals surface area contributed by atoms with Crippen LogP contribution < -0.4 is 0 Å². The lowest BCUT2D eigenvalue weighted by molar-refractivity contribution is -0.0793. The number of alkyl halides is 3. The van der Waals surface area contributed by atoms with Crippen molar-refractivity contribution in [2.24, 2.45) is 0 Å². The average Bonchev–Trinajstić information content (AvgIpc) is 3.33. The maximum atomic E-state index is 13.6. The summed E-state index contributed by atoms with van der Waals surface area (Å²) >= 11 is 6.22. The molecule has 0 spiro atoms. The minimum Gasteiger partial charge on any atom is -0.464 e. The standard InChI is InChI=1S/C23H17ClF3NO2/c1-29-14-28-19-12-16(24)9-10-17(19)21(22(28)15-6-3-2-4-7-15)18(13-23(25,26)27)20-8-5-11-30-20/h2-13H,14H2,1H3/b18-13-. The smallest absolute Gasteiger partial charge is 0.410 e. The van der Waals surface area contributed by atoms with E-state index in [4.69, 9.17) is 20.8 Å². The monoisotopic (exact) mass is 431 g/mol. The number of methoxy groups -OCH3 is 1. The van der Waals surface area contributed by atoms with E-state index >= 15 is 0 Å². The van der Waals surface area contributed by atoms with Crippen LogP contribution >= 0.6 is 11.6 Å². The van der Waals surface area contributed by atoms with Crippen molar-refractivity contribution in [3.8, 4) is 11.3 Å². The topological polar surface area (TPSA) is 27.3 Å². The van der Waals surface area contributed by atoms with Crippen LogP contribution in [-0.2, 0) is 11.5 Å². The number of nitrogens with zero attached hydrogens (tertiary/aromatic N) is 1. The van der Waals surface area contributed by atoms with E-state index in [-0.39, 0.29) is 24.1 Å². The summed E-state index contributed by atoms with van der Waals surface area (Å²) in [6.07, 6.45) is -2.91. The molecule has 0 saturated carbocycles. The fourth-order valence-electron chi connectivity index (χ4n) is 3.62. The van der Waals surface area contributed by atoms with E-state index in [2.05, 4.69) is 0 Å². The van der Waals surface area contributed by atoms with Gasteiger partial charge in [-0.3, -0.25) is 0 Å². The van der Waals surface area contributed by atoms with Gasteiger partial charge in [0.15, 0.2) is 0 Å². The Morgan fingerprint density at radius 2 is 1.87 bits per heavy atom. The Morgan fingerprint density at radius 3 is 2.50 bits per heavy atom. The first-order chi connectivity index (χ1) is 14.4. The van der Waals surface area contributed by atoms with Crippen LogP contribution in [0, 0.1) is 0 Å². The molecule has 0 aliphatic heterocycles. The molecule has 0 atom stereocenters. The lowest BCUT2D eigenvalue weighted by Gasteiger charge is -2.14. The third-order valence-electron chi connectivity index (χ3n) is 4.70. The summed E-state index contributed by atoms with van der Waals surface area (Å²) < 4.78 is 53.3. The summed E-state index contributed by atoms with van der Waals surface area (Å²) in [6.45, 7) is 0.137. The van der Waals surface area contributed by atoms with E-state index in [0.717, 1.165) is 5.56 Å². The molecule has 2 heterocycles. The van der Waals surface area contributed by atoms with Gasteiger partial charge >= 0.3 is 6.18 Å². The highest BCUT2D eigenvalue weighted by molar-refractivity contribution is 6.31. The first-order valence-electron chi connectivity index (χ1n) is 9.09. The fraction of sp³-hybridized carbons (Fsp3) is 0.130. The van der Waals surface area contributed by atoms with Gasteiger partial charge in [0.05, 0.1) is 17.5 Å². The highest BCUT2D eigenvalue weighted by Gasteiger charge is 2.30. The molecule has 0 aliphatic rings. The zero-order chi connectivity index (χ0) is 21.3. The first-order valence-corrected chi connectivity index (χ1v) is 9.47. The zero-order valence-electron chi connectivity index (χ0n) is 15.9. The van der Waals surface area contributed by atoms with Gasteiger partial charge in [-0.15, -0.1) is 0 Å². The Balaban J connectivity index is 2.16. The molecule has 2 aromatic carbocycles. The van der Waals surface area contributed by atoms with Crippen LogP contribution in [0.2, 0.25) is 5.02 Å². The Hall–Kier alpha value is -2.96. The van der Waals surface area contributed by atoms with Crippen LogP contribution in [0.5, 0.6) is 0 Å². The molecule has 0 unspecified atom stereocenters. The molecule has 4 rings (SSSR count). The molecular weight excluding hydrogens is 415 g/mol. The first kappa shape index (κ1) is 20.3. The molecule has 0 bridgehead atoms. The fourth-order valence-corrected chi connectivity index (χ4v) is 3.78. The average molecular weight is 432 g/mol. The number of ether oxygens (including phenoxy) is 1. The van der Waals surface area contributed by atoms with Gasteiger partial charge < -0.3 is 13.7 Å². The van der Waals surface area contributed by atoms with Gasteiger partial charge in [-0.2, -0.15) is 13.2 Å². The number of hydrogen-bond donors (Lipinski definition) is 0. The highest BCUT2D eigenvalue weighted by Crippen LogP contribution is 2.43. The molecule has 0 N–H and O–H groups in total. The van der Waals surface area contributed by atoms with Gasteiger partial charge in [0.2, 0.25) is 0 Å². The van der Waals surface area contributed by atoms with Gasteiger partial charge in [-0.05, 0) is 29.8 Å². The minimum absolute atomic E-state index is 0.0615. The Morgan fingerprint density at radius 1 is 1.10 bits per heavy atom. The predicted octanol–water partition coefficient (Wildman–Crippen LogP) is 7.15. The van der Waals surface area contributed by atoms with Crippen LogP contribution in [-0.4, -0.2) is 17.9 Å². The molecule has 0 amide bonds. The second kappa shape index (κ2) is 8.05. The van der Waals surface area contributed by atoms with Crippen molar-refractivity contribution >= 4 is 28.1 Å². The number of allylic oxidation sites excluding steroid dienone is 1. The summed E-state index contributed by atoms with van der Waals surface area (Å²) in [4.78, 5) is 0. The number of benzene rings is 2.